The maximum Gasteiger partial charge on any atom is 0.377 e. The molecular formula is C12H18F4O4. The maximum absolute atomic E-state index is 13.3. The van der Waals surface area contributed by atoms with Gasteiger partial charge in [-0.1, -0.05) is 27.7 Å². The van der Waals surface area contributed by atoms with Crippen LogP contribution >= 0.6 is 0 Å². The minimum absolute atomic E-state index is 0.283. The molecule has 0 aromatic heterocycles. The van der Waals surface area contributed by atoms with Crippen LogP contribution in [0.15, 0.2) is 0 Å². The highest BCUT2D eigenvalue weighted by molar-refractivity contribution is 5.81. The van der Waals surface area contributed by atoms with Crippen LogP contribution in [0.3, 0.4) is 0 Å². The molecule has 0 aliphatic carbocycles. The van der Waals surface area contributed by atoms with Gasteiger partial charge in [0, 0.05) is 0 Å². The number of ether oxygens (including phenoxy) is 1. The first kappa shape index (κ1) is 18.7. The fraction of sp³-hybridized carbons (Fsp3) is 0.833. The average molecular weight is 302 g/mol. The largest absolute Gasteiger partial charge is 0.477 e. The summed E-state index contributed by atoms with van der Waals surface area (Å²) >= 11 is 0. The first-order valence-corrected chi connectivity index (χ1v) is 6.01. The van der Waals surface area contributed by atoms with Gasteiger partial charge in [-0.05, 0) is 11.8 Å². The van der Waals surface area contributed by atoms with E-state index in [0.717, 1.165) is 0 Å². The third-order valence-electron chi connectivity index (χ3n) is 2.61. The predicted molar refractivity (Wildman–Crippen MR) is 61.7 cm³/mol. The lowest BCUT2D eigenvalue weighted by atomic mass is 9.96. The van der Waals surface area contributed by atoms with E-state index in [0.29, 0.717) is 0 Å². The Balaban J connectivity index is 4.95. The van der Waals surface area contributed by atoms with Crippen LogP contribution in [0.25, 0.3) is 0 Å². The van der Waals surface area contributed by atoms with E-state index in [2.05, 4.69) is 4.74 Å². The highest BCUT2D eigenvalue weighted by Gasteiger charge is 2.54. The number of carboxylic acid groups (broad SMARTS) is 1. The highest BCUT2D eigenvalue weighted by Crippen LogP contribution is 2.33. The Morgan fingerprint density at radius 3 is 1.70 bits per heavy atom. The molecule has 0 saturated carbocycles. The molecule has 1 N–H and O–H groups in total. The molecule has 0 spiro atoms. The Hall–Kier alpha value is -1.34. The standard InChI is InChI=1S/C12H18F4O4/c1-6(2)8(7(3)4)20-10(19)12(15,16)5-11(13,14)9(17)18/h6-8H,5H2,1-4H3,(H,17,18). The first-order valence-electron chi connectivity index (χ1n) is 6.01. The van der Waals surface area contributed by atoms with Gasteiger partial charge in [-0.15, -0.1) is 0 Å². The number of carbonyl (C=O) groups excluding carboxylic acids is 1. The summed E-state index contributed by atoms with van der Waals surface area (Å²) in [5.41, 5.74) is 0. The third kappa shape index (κ3) is 4.97. The molecule has 0 aliphatic heterocycles. The number of carbonyl (C=O) groups is 2. The van der Waals surface area contributed by atoms with Gasteiger partial charge in [-0.25, -0.2) is 9.59 Å². The van der Waals surface area contributed by atoms with Crippen LogP contribution in [0, 0.1) is 11.8 Å². The number of rotatable bonds is 7. The van der Waals surface area contributed by atoms with E-state index in [-0.39, 0.29) is 11.8 Å². The van der Waals surface area contributed by atoms with Crippen LogP contribution in [0.5, 0.6) is 0 Å². The number of esters is 1. The second kappa shape index (κ2) is 6.41. The molecule has 0 saturated heterocycles. The molecule has 0 aromatic carbocycles. The van der Waals surface area contributed by atoms with Gasteiger partial charge in [-0.3, -0.25) is 0 Å². The van der Waals surface area contributed by atoms with Crippen molar-refractivity contribution in [2.24, 2.45) is 11.8 Å². The van der Waals surface area contributed by atoms with Gasteiger partial charge in [0.2, 0.25) is 0 Å². The number of hydrogen-bond donors (Lipinski definition) is 1. The zero-order chi connectivity index (χ0) is 16.3. The summed E-state index contributed by atoms with van der Waals surface area (Å²) in [4.78, 5) is 21.4. The summed E-state index contributed by atoms with van der Waals surface area (Å²) in [6, 6.07) is 0. The predicted octanol–water partition coefficient (Wildman–Crippen LogP) is 2.96. The molecule has 20 heavy (non-hydrogen) atoms. The van der Waals surface area contributed by atoms with Crippen LogP contribution in [-0.2, 0) is 14.3 Å². The number of halogens is 4. The van der Waals surface area contributed by atoms with E-state index in [4.69, 9.17) is 5.11 Å². The van der Waals surface area contributed by atoms with Crippen molar-refractivity contribution in [1.82, 2.24) is 0 Å². The second-order valence-corrected chi connectivity index (χ2v) is 5.25. The van der Waals surface area contributed by atoms with Crippen LogP contribution in [0.4, 0.5) is 17.6 Å². The van der Waals surface area contributed by atoms with Crippen LogP contribution in [0.2, 0.25) is 0 Å². The van der Waals surface area contributed by atoms with E-state index in [1.807, 2.05) is 0 Å². The smallest absolute Gasteiger partial charge is 0.377 e. The Morgan fingerprint density at radius 2 is 1.40 bits per heavy atom. The lowest BCUT2D eigenvalue weighted by molar-refractivity contribution is -0.199. The van der Waals surface area contributed by atoms with Crippen molar-refractivity contribution in [1.29, 1.82) is 0 Å². The molecule has 0 amide bonds. The van der Waals surface area contributed by atoms with Crippen LogP contribution in [-0.4, -0.2) is 35.0 Å². The van der Waals surface area contributed by atoms with Crippen molar-refractivity contribution in [2.75, 3.05) is 0 Å². The van der Waals surface area contributed by atoms with Gasteiger partial charge in [0.15, 0.2) is 0 Å². The molecule has 0 rings (SSSR count). The molecule has 0 radical (unpaired) electrons. The van der Waals surface area contributed by atoms with E-state index in [9.17, 15) is 27.2 Å². The summed E-state index contributed by atoms with van der Waals surface area (Å²) < 4.78 is 56.8. The van der Waals surface area contributed by atoms with Crippen LogP contribution < -0.4 is 0 Å². The van der Waals surface area contributed by atoms with Gasteiger partial charge in [0.25, 0.3) is 0 Å². The van der Waals surface area contributed by atoms with Gasteiger partial charge in [-0.2, -0.15) is 17.6 Å². The lowest BCUT2D eigenvalue weighted by Gasteiger charge is -2.27. The first-order chi connectivity index (χ1) is 8.81. The highest BCUT2D eigenvalue weighted by atomic mass is 19.3. The fourth-order valence-corrected chi connectivity index (χ4v) is 1.68. The second-order valence-electron chi connectivity index (χ2n) is 5.25. The summed E-state index contributed by atoms with van der Waals surface area (Å²) in [6.45, 7) is 6.51. The normalized spacial score (nSPS) is 13.2. The van der Waals surface area contributed by atoms with Crippen molar-refractivity contribution < 1.29 is 37.0 Å². The molecule has 118 valence electrons. The summed E-state index contributed by atoms with van der Waals surface area (Å²) in [5.74, 6) is -14.7. The molecule has 0 unspecified atom stereocenters. The lowest BCUT2D eigenvalue weighted by Crippen LogP contribution is -2.43. The van der Waals surface area contributed by atoms with Gasteiger partial charge >= 0.3 is 23.8 Å². The summed E-state index contributed by atoms with van der Waals surface area (Å²) in [7, 11) is 0. The molecule has 4 nitrogen and oxygen atoms in total. The fourth-order valence-electron chi connectivity index (χ4n) is 1.68. The molecular weight excluding hydrogens is 284 g/mol. The molecule has 0 atom stereocenters. The molecule has 8 heteroatoms. The van der Waals surface area contributed by atoms with Crippen LogP contribution in [0.1, 0.15) is 34.1 Å². The minimum Gasteiger partial charge on any atom is -0.477 e. The number of hydrogen-bond acceptors (Lipinski definition) is 3. The summed E-state index contributed by atoms with van der Waals surface area (Å²) in [5, 5.41) is 8.11. The Kier molecular flexibility index (Phi) is 5.98. The van der Waals surface area contributed by atoms with Gasteiger partial charge < -0.3 is 9.84 Å². The quantitative estimate of drug-likeness (QED) is 0.580. The van der Waals surface area contributed by atoms with E-state index in [1.165, 1.54) is 0 Å². The van der Waals surface area contributed by atoms with Crippen molar-refractivity contribution >= 4 is 11.9 Å². The van der Waals surface area contributed by atoms with E-state index < -0.39 is 36.3 Å². The Morgan fingerprint density at radius 1 is 1.00 bits per heavy atom. The monoisotopic (exact) mass is 302 g/mol. The van der Waals surface area contributed by atoms with Crippen molar-refractivity contribution in [3.05, 3.63) is 0 Å². The number of alkyl halides is 4. The third-order valence-corrected chi connectivity index (χ3v) is 2.61. The molecule has 0 heterocycles. The number of aliphatic carboxylic acids is 1. The van der Waals surface area contributed by atoms with Gasteiger partial charge in [0.1, 0.15) is 6.10 Å². The zero-order valence-corrected chi connectivity index (χ0v) is 11.6. The molecule has 0 bridgehead atoms. The Labute approximate surface area is 114 Å². The number of carboxylic acids is 1. The van der Waals surface area contributed by atoms with Gasteiger partial charge in [0.05, 0.1) is 6.42 Å². The molecule has 0 fully saturated rings. The summed E-state index contributed by atoms with van der Waals surface area (Å²) in [6.07, 6.45) is -3.29. The SMILES string of the molecule is CC(C)C(OC(=O)C(F)(F)CC(F)(F)C(=O)O)C(C)C. The maximum atomic E-state index is 13.3. The average Bonchev–Trinajstić information content (AvgIpc) is 2.22. The Bertz CT molecular complexity index is 358. The van der Waals surface area contributed by atoms with Crippen molar-refractivity contribution in [2.45, 2.75) is 52.1 Å². The minimum atomic E-state index is -4.70. The van der Waals surface area contributed by atoms with E-state index in [1.54, 1.807) is 27.7 Å². The topological polar surface area (TPSA) is 63.6 Å². The zero-order valence-electron chi connectivity index (χ0n) is 11.6. The molecule has 0 aliphatic rings. The van der Waals surface area contributed by atoms with E-state index >= 15 is 0 Å². The molecule has 0 aromatic rings. The van der Waals surface area contributed by atoms with Crippen molar-refractivity contribution in [3.63, 3.8) is 0 Å². The van der Waals surface area contributed by atoms with Crippen molar-refractivity contribution in [3.8, 4) is 0 Å².